The van der Waals surface area contributed by atoms with E-state index in [2.05, 4.69) is 9.82 Å². The van der Waals surface area contributed by atoms with Crippen molar-refractivity contribution in [1.29, 1.82) is 0 Å². The first-order chi connectivity index (χ1) is 5.36. The Bertz CT molecular complexity index is 227. The third-order valence-electron chi connectivity index (χ3n) is 1.26. The number of rotatable bonds is 3. The lowest BCUT2D eigenvalue weighted by Gasteiger charge is -2.00. The van der Waals surface area contributed by atoms with Gasteiger partial charge in [-0.3, -0.25) is 4.84 Å². The number of hydrogen-bond acceptors (Lipinski definition) is 4. The molecule has 1 aromatic rings. The minimum atomic E-state index is 0.374. The van der Waals surface area contributed by atoms with Gasteiger partial charge in [-0.25, -0.2) is 10.9 Å². The Balaban J connectivity index is 2.74. The second-order valence-electron chi connectivity index (χ2n) is 2.02. The fraction of sp³-hybridized carbons (Fsp3) is 0.286. The summed E-state index contributed by atoms with van der Waals surface area (Å²) in [6.45, 7) is 0.374. The number of ether oxygens (including phenoxy) is 1. The monoisotopic (exact) mass is 154 g/mol. The maximum absolute atomic E-state index is 4.89. The Morgan fingerprint density at radius 1 is 1.64 bits per heavy atom. The van der Waals surface area contributed by atoms with Crippen molar-refractivity contribution in [2.75, 3.05) is 7.11 Å². The average Bonchev–Trinajstić information content (AvgIpc) is 2.06. The van der Waals surface area contributed by atoms with E-state index >= 15 is 0 Å². The summed E-state index contributed by atoms with van der Waals surface area (Å²) in [6.07, 6.45) is 1.65. The summed E-state index contributed by atoms with van der Waals surface area (Å²) in [7, 11) is 1.56. The van der Waals surface area contributed by atoms with Crippen LogP contribution in [0, 0.1) is 0 Å². The van der Waals surface area contributed by atoms with Crippen molar-refractivity contribution in [3.63, 3.8) is 0 Å². The van der Waals surface area contributed by atoms with Crippen molar-refractivity contribution in [2.24, 2.45) is 5.90 Å². The van der Waals surface area contributed by atoms with Gasteiger partial charge in [0.25, 0.3) is 0 Å². The topological polar surface area (TPSA) is 57.4 Å². The molecular formula is C7H10N2O2. The molecular weight excluding hydrogens is 144 g/mol. The summed E-state index contributed by atoms with van der Waals surface area (Å²) in [5.74, 6) is 5.46. The summed E-state index contributed by atoms with van der Waals surface area (Å²) in [4.78, 5) is 8.37. The van der Waals surface area contributed by atoms with Gasteiger partial charge in [-0.2, -0.15) is 0 Å². The molecule has 1 rings (SSSR count). The van der Waals surface area contributed by atoms with E-state index in [9.17, 15) is 0 Å². The number of methoxy groups -OCH3 is 1. The normalized spacial score (nSPS) is 9.64. The molecule has 60 valence electrons. The van der Waals surface area contributed by atoms with Crippen LogP contribution in [0.5, 0.6) is 5.88 Å². The first-order valence-corrected chi connectivity index (χ1v) is 3.17. The zero-order chi connectivity index (χ0) is 8.10. The molecule has 2 N–H and O–H groups in total. The minimum Gasteiger partial charge on any atom is -0.481 e. The van der Waals surface area contributed by atoms with E-state index in [0.717, 1.165) is 5.56 Å². The zero-order valence-corrected chi connectivity index (χ0v) is 6.28. The average molecular weight is 154 g/mol. The molecule has 11 heavy (non-hydrogen) atoms. The van der Waals surface area contributed by atoms with E-state index < -0.39 is 0 Å². The molecule has 0 spiro atoms. The molecule has 0 amide bonds. The molecule has 0 aliphatic carbocycles. The zero-order valence-electron chi connectivity index (χ0n) is 6.28. The van der Waals surface area contributed by atoms with Crippen LogP contribution in [-0.4, -0.2) is 12.1 Å². The summed E-state index contributed by atoms with van der Waals surface area (Å²) in [6, 6.07) is 3.59. The second kappa shape index (κ2) is 3.90. The maximum Gasteiger partial charge on any atom is 0.213 e. The molecule has 4 heteroatoms. The molecule has 1 heterocycles. The third-order valence-corrected chi connectivity index (χ3v) is 1.26. The van der Waals surface area contributed by atoms with Crippen molar-refractivity contribution in [2.45, 2.75) is 6.61 Å². The third kappa shape index (κ3) is 2.18. The molecule has 0 unspecified atom stereocenters. The first kappa shape index (κ1) is 7.97. The van der Waals surface area contributed by atoms with Crippen LogP contribution in [0.3, 0.4) is 0 Å². The highest BCUT2D eigenvalue weighted by Crippen LogP contribution is 2.08. The molecule has 0 bridgehead atoms. The highest BCUT2D eigenvalue weighted by Gasteiger charge is 1.94. The lowest BCUT2D eigenvalue weighted by molar-refractivity contribution is 0.124. The molecule has 0 saturated heterocycles. The van der Waals surface area contributed by atoms with Crippen molar-refractivity contribution in [1.82, 2.24) is 4.98 Å². The first-order valence-electron chi connectivity index (χ1n) is 3.17. The largest absolute Gasteiger partial charge is 0.481 e. The molecule has 0 atom stereocenters. The van der Waals surface area contributed by atoms with Crippen LogP contribution in [0.25, 0.3) is 0 Å². The standard InChI is InChI=1S/C7H10N2O2/c1-10-7-4-6(5-11-8)2-3-9-7/h2-4H,5,8H2,1H3. The Kier molecular flexibility index (Phi) is 2.83. The highest BCUT2D eigenvalue weighted by molar-refractivity contribution is 5.19. The van der Waals surface area contributed by atoms with Crippen LogP contribution in [0.1, 0.15) is 5.56 Å². The van der Waals surface area contributed by atoms with Gasteiger partial charge >= 0.3 is 0 Å². The Hall–Kier alpha value is -1.13. The predicted molar refractivity (Wildman–Crippen MR) is 39.8 cm³/mol. The van der Waals surface area contributed by atoms with E-state index in [4.69, 9.17) is 10.6 Å². The summed E-state index contributed by atoms with van der Waals surface area (Å²) in [5, 5.41) is 0. The van der Waals surface area contributed by atoms with Crippen molar-refractivity contribution < 1.29 is 9.57 Å². The quantitative estimate of drug-likeness (QED) is 0.643. The van der Waals surface area contributed by atoms with Crippen LogP contribution in [-0.2, 0) is 11.4 Å². The Labute approximate surface area is 64.9 Å². The van der Waals surface area contributed by atoms with Gasteiger partial charge in [0, 0.05) is 12.3 Å². The minimum absolute atomic E-state index is 0.374. The fourth-order valence-corrected chi connectivity index (χ4v) is 0.748. The molecule has 0 fully saturated rings. The van der Waals surface area contributed by atoms with Gasteiger partial charge in [-0.05, 0) is 11.6 Å². The van der Waals surface area contributed by atoms with Gasteiger partial charge in [0.15, 0.2) is 0 Å². The van der Waals surface area contributed by atoms with Crippen molar-refractivity contribution >= 4 is 0 Å². The molecule has 1 aromatic heterocycles. The van der Waals surface area contributed by atoms with E-state index in [0.29, 0.717) is 12.5 Å². The fourth-order valence-electron chi connectivity index (χ4n) is 0.748. The summed E-state index contributed by atoms with van der Waals surface area (Å²) >= 11 is 0. The van der Waals surface area contributed by atoms with Crippen LogP contribution >= 0.6 is 0 Å². The van der Waals surface area contributed by atoms with E-state index in [1.807, 2.05) is 6.07 Å². The Morgan fingerprint density at radius 2 is 2.45 bits per heavy atom. The highest BCUT2D eigenvalue weighted by atomic mass is 16.6. The van der Waals surface area contributed by atoms with Gasteiger partial charge in [0.1, 0.15) is 0 Å². The van der Waals surface area contributed by atoms with E-state index in [1.165, 1.54) is 0 Å². The molecule has 0 aliphatic rings. The van der Waals surface area contributed by atoms with Gasteiger partial charge < -0.3 is 4.74 Å². The predicted octanol–water partition coefficient (Wildman–Crippen LogP) is 0.481. The van der Waals surface area contributed by atoms with Crippen LogP contribution in [0.4, 0.5) is 0 Å². The Morgan fingerprint density at radius 3 is 3.09 bits per heavy atom. The lowest BCUT2D eigenvalue weighted by Crippen LogP contribution is -1.99. The van der Waals surface area contributed by atoms with Gasteiger partial charge in [-0.15, -0.1) is 0 Å². The molecule has 0 radical (unpaired) electrons. The molecule has 0 saturated carbocycles. The molecule has 4 nitrogen and oxygen atoms in total. The lowest BCUT2D eigenvalue weighted by atomic mass is 10.3. The van der Waals surface area contributed by atoms with Gasteiger partial charge in [-0.1, -0.05) is 0 Å². The second-order valence-corrected chi connectivity index (χ2v) is 2.02. The number of pyridine rings is 1. The van der Waals surface area contributed by atoms with Crippen LogP contribution in [0.2, 0.25) is 0 Å². The smallest absolute Gasteiger partial charge is 0.213 e. The van der Waals surface area contributed by atoms with Gasteiger partial charge in [0.05, 0.1) is 13.7 Å². The summed E-state index contributed by atoms with van der Waals surface area (Å²) < 4.78 is 4.89. The van der Waals surface area contributed by atoms with Crippen LogP contribution < -0.4 is 10.6 Å². The number of nitrogens with two attached hydrogens (primary N) is 1. The van der Waals surface area contributed by atoms with Crippen molar-refractivity contribution in [3.05, 3.63) is 23.9 Å². The number of aromatic nitrogens is 1. The van der Waals surface area contributed by atoms with E-state index in [-0.39, 0.29) is 0 Å². The van der Waals surface area contributed by atoms with E-state index in [1.54, 1.807) is 19.4 Å². The maximum atomic E-state index is 4.89. The molecule has 0 aromatic carbocycles. The molecule has 0 aliphatic heterocycles. The van der Waals surface area contributed by atoms with Crippen molar-refractivity contribution in [3.8, 4) is 5.88 Å². The number of hydrogen-bond donors (Lipinski definition) is 1. The summed E-state index contributed by atoms with van der Waals surface area (Å²) in [5.41, 5.74) is 0.944. The SMILES string of the molecule is COc1cc(CON)ccn1. The van der Waals surface area contributed by atoms with Gasteiger partial charge in [0.2, 0.25) is 5.88 Å². The van der Waals surface area contributed by atoms with Crippen LogP contribution in [0.15, 0.2) is 18.3 Å². The number of nitrogens with zero attached hydrogens (tertiary/aromatic N) is 1.